The third kappa shape index (κ3) is 2.43. The SMILES string of the molecule is CC1CN(C(C)CO)CCO1. The van der Waals surface area contributed by atoms with Gasteiger partial charge in [-0.1, -0.05) is 0 Å². The summed E-state index contributed by atoms with van der Waals surface area (Å²) in [4.78, 5) is 2.26. The number of morpholine rings is 1. The molecule has 1 saturated heterocycles. The molecular formula is C8H17NO2. The first-order chi connectivity index (χ1) is 5.24. The molecule has 0 bridgehead atoms. The largest absolute Gasteiger partial charge is 0.395 e. The highest BCUT2D eigenvalue weighted by molar-refractivity contribution is 4.72. The first kappa shape index (κ1) is 8.97. The summed E-state index contributed by atoms with van der Waals surface area (Å²) < 4.78 is 5.38. The number of nitrogens with zero attached hydrogens (tertiary/aromatic N) is 1. The van der Waals surface area contributed by atoms with E-state index in [1.54, 1.807) is 0 Å². The molecule has 66 valence electrons. The summed E-state index contributed by atoms with van der Waals surface area (Å²) in [5.74, 6) is 0. The number of hydrogen-bond donors (Lipinski definition) is 1. The van der Waals surface area contributed by atoms with E-state index in [-0.39, 0.29) is 12.6 Å². The van der Waals surface area contributed by atoms with Crippen LogP contribution in [0.15, 0.2) is 0 Å². The van der Waals surface area contributed by atoms with Crippen molar-refractivity contribution in [2.24, 2.45) is 0 Å². The van der Waals surface area contributed by atoms with E-state index in [1.807, 2.05) is 6.92 Å². The Kier molecular flexibility index (Phi) is 3.30. The lowest BCUT2D eigenvalue weighted by molar-refractivity contribution is -0.0387. The third-order valence-corrected chi connectivity index (χ3v) is 2.16. The van der Waals surface area contributed by atoms with Crippen LogP contribution in [0.4, 0.5) is 0 Å². The van der Waals surface area contributed by atoms with Gasteiger partial charge < -0.3 is 9.84 Å². The lowest BCUT2D eigenvalue weighted by Gasteiger charge is -2.34. The molecule has 3 heteroatoms. The van der Waals surface area contributed by atoms with Crippen molar-refractivity contribution in [1.29, 1.82) is 0 Å². The molecule has 2 unspecified atom stereocenters. The third-order valence-electron chi connectivity index (χ3n) is 2.16. The van der Waals surface area contributed by atoms with E-state index in [4.69, 9.17) is 9.84 Å². The van der Waals surface area contributed by atoms with Crippen LogP contribution in [0.5, 0.6) is 0 Å². The molecule has 0 radical (unpaired) electrons. The number of ether oxygens (including phenoxy) is 1. The Morgan fingerprint density at radius 1 is 1.73 bits per heavy atom. The van der Waals surface area contributed by atoms with E-state index in [0.29, 0.717) is 6.10 Å². The summed E-state index contributed by atoms with van der Waals surface area (Å²) >= 11 is 0. The van der Waals surface area contributed by atoms with Gasteiger partial charge >= 0.3 is 0 Å². The second kappa shape index (κ2) is 4.04. The second-order valence-electron chi connectivity index (χ2n) is 3.21. The average molecular weight is 159 g/mol. The highest BCUT2D eigenvalue weighted by Gasteiger charge is 2.20. The van der Waals surface area contributed by atoms with Gasteiger partial charge in [0, 0.05) is 19.1 Å². The van der Waals surface area contributed by atoms with Gasteiger partial charge in [-0.05, 0) is 13.8 Å². The minimum absolute atomic E-state index is 0.243. The van der Waals surface area contributed by atoms with E-state index in [1.165, 1.54) is 0 Å². The van der Waals surface area contributed by atoms with Crippen LogP contribution in [0.25, 0.3) is 0 Å². The highest BCUT2D eigenvalue weighted by Crippen LogP contribution is 2.07. The lowest BCUT2D eigenvalue weighted by atomic mass is 10.2. The smallest absolute Gasteiger partial charge is 0.0674 e. The number of rotatable bonds is 2. The van der Waals surface area contributed by atoms with Gasteiger partial charge in [-0.15, -0.1) is 0 Å². The highest BCUT2D eigenvalue weighted by atomic mass is 16.5. The number of aliphatic hydroxyl groups is 1. The predicted octanol–water partition coefficient (Wildman–Crippen LogP) is 0.0879. The normalized spacial score (nSPS) is 30.3. The molecular weight excluding hydrogens is 142 g/mol. The maximum absolute atomic E-state index is 8.89. The summed E-state index contributed by atoms with van der Waals surface area (Å²) in [7, 11) is 0. The van der Waals surface area contributed by atoms with Gasteiger partial charge in [-0.25, -0.2) is 0 Å². The molecule has 0 aromatic rings. The predicted molar refractivity (Wildman–Crippen MR) is 43.5 cm³/mol. The van der Waals surface area contributed by atoms with E-state index < -0.39 is 0 Å². The molecule has 2 atom stereocenters. The van der Waals surface area contributed by atoms with E-state index >= 15 is 0 Å². The summed E-state index contributed by atoms with van der Waals surface area (Å²) in [5.41, 5.74) is 0. The fourth-order valence-corrected chi connectivity index (χ4v) is 1.36. The molecule has 0 saturated carbocycles. The number of hydrogen-bond acceptors (Lipinski definition) is 3. The van der Waals surface area contributed by atoms with Crippen molar-refractivity contribution in [2.75, 3.05) is 26.3 Å². The van der Waals surface area contributed by atoms with Gasteiger partial charge in [0.1, 0.15) is 0 Å². The van der Waals surface area contributed by atoms with Gasteiger partial charge in [0.15, 0.2) is 0 Å². The lowest BCUT2D eigenvalue weighted by Crippen LogP contribution is -2.46. The van der Waals surface area contributed by atoms with Gasteiger partial charge in [-0.2, -0.15) is 0 Å². The van der Waals surface area contributed by atoms with Gasteiger partial charge in [0.25, 0.3) is 0 Å². The molecule has 0 aromatic heterocycles. The van der Waals surface area contributed by atoms with Crippen LogP contribution in [-0.4, -0.2) is 48.5 Å². The Morgan fingerprint density at radius 2 is 2.45 bits per heavy atom. The van der Waals surface area contributed by atoms with E-state index in [9.17, 15) is 0 Å². The summed E-state index contributed by atoms with van der Waals surface area (Å²) in [6.07, 6.45) is 0.317. The van der Waals surface area contributed by atoms with Crippen LogP contribution in [0.2, 0.25) is 0 Å². The van der Waals surface area contributed by atoms with Gasteiger partial charge in [0.05, 0.1) is 19.3 Å². The van der Waals surface area contributed by atoms with Crippen LogP contribution >= 0.6 is 0 Å². The first-order valence-electron chi connectivity index (χ1n) is 4.20. The summed E-state index contributed by atoms with van der Waals surface area (Å²) in [5, 5.41) is 8.89. The standard InChI is InChI=1S/C8H17NO2/c1-7(6-10)9-3-4-11-8(2)5-9/h7-8,10H,3-6H2,1-2H3. The Bertz CT molecular complexity index is 119. The Balaban J connectivity index is 2.33. The van der Waals surface area contributed by atoms with Crippen molar-refractivity contribution in [3.63, 3.8) is 0 Å². The zero-order valence-corrected chi connectivity index (χ0v) is 7.29. The zero-order chi connectivity index (χ0) is 8.27. The molecule has 1 N–H and O–H groups in total. The molecule has 0 spiro atoms. The molecule has 0 aromatic carbocycles. The van der Waals surface area contributed by atoms with Crippen molar-refractivity contribution in [1.82, 2.24) is 4.90 Å². The second-order valence-corrected chi connectivity index (χ2v) is 3.21. The molecule has 11 heavy (non-hydrogen) atoms. The van der Waals surface area contributed by atoms with Crippen molar-refractivity contribution in [2.45, 2.75) is 26.0 Å². The van der Waals surface area contributed by atoms with E-state index in [2.05, 4.69) is 11.8 Å². The molecule has 1 heterocycles. The Morgan fingerprint density at radius 3 is 3.00 bits per heavy atom. The quantitative estimate of drug-likeness (QED) is 0.619. The van der Waals surface area contributed by atoms with Crippen LogP contribution in [0.3, 0.4) is 0 Å². The Hall–Kier alpha value is -0.120. The van der Waals surface area contributed by atoms with Crippen molar-refractivity contribution in [3.8, 4) is 0 Å². The van der Waals surface area contributed by atoms with Gasteiger partial charge in [-0.3, -0.25) is 4.90 Å². The maximum atomic E-state index is 8.89. The first-order valence-corrected chi connectivity index (χ1v) is 4.20. The molecule has 1 rings (SSSR count). The van der Waals surface area contributed by atoms with Crippen LogP contribution in [0.1, 0.15) is 13.8 Å². The van der Waals surface area contributed by atoms with Crippen LogP contribution < -0.4 is 0 Å². The monoisotopic (exact) mass is 159 g/mol. The van der Waals surface area contributed by atoms with Crippen LogP contribution in [-0.2, 0) is 4.74 Å². The molecule has 0 amide bonds. The summed E-state index contributed by atoms with van der Waals surface area (Å²) in [6.45, 7) is 7.04. The molecule has 1 aliphatic rings. The summed E-state index contributed by atoms with van der Waals surface area (Å²) in [6, 6.07) is 0.279. The topological polar surface area (TPSA) is 32.7 Å². The minimum Gasteiger partial charge on any atom is -0.395 e. The van der Waals surface area contributed by atoms with Crippen molar-refractivity contribution < 1.29 is 9.84 Å². The molecule has 3 nitrogen and oxygen atoms in total. The van der Waals surface area contributed by atoms with Crippen LogP contribution in [0, 0.1) is 0 Å². The maximum Gasteiger partial charge on any atom is 0.0674 e. The fraction of sp³-hybridized carbons (Fsp3) is 1.00. The average Bonchev–Trinajstić information content (AvgIpc) is 2.03. The van der Waals surface area contributed by atoms with E-state index in [0.717, 1.165) is 19.7 Å². The Labute approximate surface area is 68.0 Å². The number of aliphatic hydroxyl groups excluding tert-OH is 1. The van der Waals surface area contributed by atoms with Crippen molar-refractivity contribution >= 4 is 0 Å². The fourth-order valence-electron chi connectivity index (χ4n) is 1.36. The molecule has 1 aliphatic heterocycles. The zero-order valence-electron chi connectivity index (χ0n) is 7.29. The molecule has 1 fully saturated rings. The van der Waals surface area contributed by atoms with Crippen molar-refractivity contribution in [3.05, 3.63) is 0 Å². The van der Waals surface area contributed by atoms with Gasteiger partial charge in [0.2, 0.25) is 0 Å². The molecule has 0 aliphatic carbocycles. The minimum atomic E-state index is 0.243.